The summed E-state index contributed by atoms with van der Waals surface area (Å²) >= 11 is 0. The molecule has 0 N–H and O–H groups in total. The van der Waals surface area contributed by atoms with E-state index in [1.54, 1.807) is 0 Å². The summed E-state index contributed by atoms with van der Waals surface area (Å²) < 4.78 is 16.7. The highest BCUT2D eigenvalue weighted by Gasteiger charge is 2.14. The van der Waals surface area contributed by atoms with E-state index in [1.165, 1.54) is 12.8 Å². The van der Waals surface area contributed by atoms with Gasteiger partial charge in [-0.25, -0.2) is 0 Å². The van der Waals surface area contributed by atoms with E-state index < -0.39 is 0 Å². The Balaban J connectivity index is 1.67. The molecule has 1 atom stereocenters. The minimum Gasteiger partial charge on any atom is -0.381 e. The molecule has 0 bridgehead atoms. The number of rotatable bonds is 13. The zero-order valence-corrected chi connectivity index (χ0v) is 12.6. The van der Waals surface area contributed by atoms with Gasteiger partial charge < -0.3 is 14.2 Å². The molecule has 0 spiro atoms. The van der Waals surface area contributed by atoms with Crippen LogP contribution in [-0.2, 0) is 14.2 Å². The van der Waals surface area contributed by atoms with E-state index in [4.69, 9.17) is 19.5 Å². The third-order valence-corrected chi connectivity index (χ3v) is 3.51. The van der Waals surface area contributed by atoms with Crippen LogP contribution < -0.4 is 0 Å². The molecule has 20 heavy (non-hydrogen) atoms. The standard InChI is InChI=1S/C16H29NO3/c17-10-3-1-4-11-18-12-5-2-6-13-19-15-9-16-8-7-14-20-16/h16H,1-9,11-15H2. The Morgan fingerprint density at radius 3 is 2.30 bits per heavy atom. The predicted octanol–water partition coefficient (Wildman–Crippen LogP) is 3.45. The van der Waals surface area contributed by atoms with Crippen molar-refractivity contribution in [2.24, 2.45) is 0 Å². The Bertz CT molecular complexity index is 247. The van der Waals surface area contributed by atoms with Crippen molar-refractivity contribution in [2.75, 3.05) is 33.0 Å². The van der Waals surface area contributed by atoms with E-state index in [2.05, 4.69) is 6.07 Å². The number of ether oxygens (including phenoxy) is 3. The highest BCUT2D eigenvalue weighted by atomic mass is 16.5. The van der Waals surface area contributed by atoms with Gasteiger partial charge in [0, 0.05) is 39.5 Å². The van der Waals surface area contributed by atoms with Gasteiger partial charge in [-0.1, -0.05) is 0 Å². The summed E-state index contributed by atoms with van der Waals surface area (Å²) in [5, 5.41) is 8.38. The van der Waals surface area contributed by atoms with E-state index in [1.807, 2.05) is 0 Å². The normalized spacial score (nSPS) is 18.2. The van der Waals surface area contributed by atoms with Crippen LogP contribution in [0.1, 0.15) is 57.8 Å². The molecule has 1 fully saturated rings. The third-order valence-electron chi connectivity index (χ3n) is 3.51. The lowest BCUT2D eigenvalue weighted by Crippen LogP contribution is -2.09. The maximum atomic E-state index is 8.38. The molecule has 1 aliphatic rings. The molecule has 1 aliphatic heterocycles. The fraction of sp³-hybridized carbons (Fsp3) is 0.938. The summed E-state index contributed by atoms with van der Waals surface area (Å²) in [6.45, 7) is 4.25. The predicted molar refractivity (Wildman–Crippen MR) is 78.5 cm³/mol. The highest BCUT2D eigenvalue weighted by Crippen LogP contribution is 2.15. The minimum absolute atomic E-state index is 0.449. The summed E-state index contributed by atoms with van der Waals surface area (Å²) in [4.78, 5) is 0. The van der Waals surface area contributed by atoms with Crippen LogP contribution in [0.5, 0.6) is 0 Å². The van der Waals surface area contributed by atoms with Crippen LogP contribution in [0.15, 0.2) is 0 Å². The van der Waals surface area contributed by atoms with Crippen molar-refractivity contribution in [3.63, 3.8) is 0 Å². The number of nitrogens with zero attached hydrogens (tertiary/aromatic N) is 1. The van der Waals surface area contributed by atoms with Crippen LogP contribution in [0, 0.1) is 11.3 Å². The van der Waals surface area contributed by atoms with Gasteiger partial charge in [-0.2, -0.15) is 5.26 Å². The average Bonchev–Trinajstić information content (AvgIpc) is 2.97. The summed E-state index contributed by atoms with van der Waals surface area (Å²) in [5.41, 5.74) is 0. The molecule has 4 nitrogen and oxygen atoms in total. The molecule has 116 valence electrons. The van der Waals surface area contributed by atoms with Gasteiger partial charge in [0.2, 0.25) is 0 Å². The van der Waals surface area contributed by atoms with Gasteiger partial charge in [0.05, 0.1) is 12.2 Å². The minimum atomic E-state index is 0.449. The van der Waals surface area contributed by atoms with Crippen LogP contribution in [0.2, 0.25) is 0 Å². The van der Waals surface area contributed by atoms with Crippen LogP contribution in [0.4, 0.5) is 0 Å². The smallest absolute Gasteiger partial charge is 0.0621 e. The second kappa shape index (κ2) is 13.4. The second-order valence-electron chi connectivity index (χ2n) is 5.32. The molecule has 1 rings (SSSR count). The molecule has 1 heterocycles. The molecule has 0 aromatic heterocycles. The molecular weight excluding hydrogens is 254 g/mol. The van der Waals surface area contributed by atoms with Gasteiger partial charge in [-0.15, -0.1) is 0 Å². The first kappa shape index (κ1) is 17.4. The van der Waals surface area contributed by atoms with Crippen molar-refractivity contribution < 1.29 is 14.2 Å². The maximum absolute atomic E-state index is 8.38. The third kappa shape index (κ3) is 10.2. The molecule has 1 saturated heterocycles. The van der Waals surface area contributed by atoms with Crippen LogP contribution >= 0.6 is 0 Å². The first-order valence-electron chi connectivity index (χ1n) is 8.07. The van der Waals surface area contributed by atoms with Crippen molar-refractivity contribution in [3.05, 3.63) is 0 Å². The number of unbranched alkanes of at least 4 members (excludes halogenated alkanes) is 4. The van der Waals surface area contributed by atoms with E-state index in [0.29, 0.717) is 12.5 Å². The average molecular weight is 283 g/mol. The Morgan fingerprint density at radius 1 is 0.950 bits per heavy atom. The topological polar surface area (TPSA) is 51.5 Å². The zero-order chi connectivity index (χ0) is 14.3. The van der Waals surface area contributed by atoms with E-state index in [-0.39, 0.29) is 0 Å². The molecule has 0 aromatic carbocycles. The van der Waals surface area contributed by atoms with Crippen molar-refractivity contribution in [1.29, 1.82) is 5.26 Å². The van der Waals surface area contributed by atoms with E-state index in [9.17, 15) is 0 Å². The molecule has 1 unspecified atom stereocenters. The summed E-state index contributed by atoms with van der Waals surface area (Å²) in [6, 6.07) is 2.14. The Kier molecular flexibility index (Phi) is 11.6. The van der Waals surface area contributed by atoms with Gasteiger partial charge in [0.1, 0.15) is 0 Å². The Hall–Kier alpha value is -0.630. The quantitative estimate of drug-likeness (QED) is 0.486. The molecular formula is C16H29NO3. The first-order valence-corrected chi connectivity index (χ1v) is 8.07. The van der Waals surface area contributed by atoms with Gasteiger partial charge in [-0.3, -0.25) is 0 Å². The van der Waals surface area contributed by atoms with Gasteiger partial charge in [-0.05, 0) is 51.4 Å². The molecule has 0 radical (unpaired) electrons. The second-order valence-corrected chi connectivity index (χ2v) is 5.32. The Morgan fingerprint density at radius 2 is 1.65 bits per heavy atom. The summed E-state index contributed by atoms with van der Waals surface area (Å²) in [5.74, 6) is 0. The summed E-state index contributed by atoms with van der Waals surface area (Å²) in [6.07, 6.45) is 9.89. The van der Waals surface area contributed by atoms with Crippen LogP contribution in [0.25, 0.3) is 0 Å². The number of hydrogen-bond acceptors (Lipinski definition) is 4. The largest absolute Gasteiger partial charge is 0.381 e. The highest BCUT2D eigenvalue weighted by molar-refractivity contribution is 4.67. The fourth-order valence-corrected chi connectivity index (χ4v) is 2.28. The van der Waals surface area contributed by atoms with Gasteiger partial charge in [0.15, 0.2) is 0 Å². The zero-order valence-electron chi connectivity index (χ0n) is 12.6. The molecule has 4 heteroatoms. The molecule has 0 saturated carbocycles. The fourth-order valence-electron chi connectivity index (χ4n) is 2.28. The number of nitriles is 1. The van der Waals surface area contributed by atoms with Crippen molar-refractivity contribution >= 4 is 0 Å². The van der Waals surface area contributed by atoms with Crippen molar-refractivity contribution in [1.82, 2.24) is 0 Å². The lowest BCUT2D eigenvalue weighted by Gasteiger charge is -2.09. The first-order chi connectivity index (χ1) is 9.93. The monoisotopic (exact) mass is 283 g/mol. The lowest BCUT2D eigenvalue weighted by atomic mass is 10.2. The maximum Gasteiger partial charge on any atom is 0.0621 e. The SMILES string of the molecule is N#CCCCCOCCCCCOCCC1CCCO1. The van der Waals surface area contributed by atoms with Crippen molar-refractivity contribution in [2.45, 2.75) is 63.9 Å². The van der Waals surface area contributed by atoms with Gasteiger partial charge in [0.25, 0.3) is 0 Å². The van der Waals surface area contributed by atoms with Crippen LogP contribution in [-0.4, -0.2) is 39.1 Å². The number of hydrogen-bond donors (Lipinski definition) is 0. The van der Waals surface area contributed by atoms with Crippen LogP contribution in [0.3, 0.4) is 0 Å². The van der Waals surface area contributed by atoms with Gasteiger partial charge >= 0.3 is 0 Å². The van der Waals surface area contributed by atoms with Crippen molar-refractivity contribution in [3.8, 4) is 6.07 Å². The Labute approximate surface area is 123 Å². The molecule has 0 aromatic rings. The lowest BCUT2D eigenvalue weighted by molar-refractivity contribution is 0.0573. The molecule has 0 aliphatic carbocycles. The summed E-state index contributed by atoms with van der Waals surface area (Å²) in [7, 11) is 0. The van der Waals surface area contributed by atoms with E-state index in [0.717, 1.165) is 71.6 Å². The molecule has 0 amide bonds. The van der Waals surface area contributed by atoms with E-state index >= 15 is 0 Å².